The smallest absolute Gasteiger partial charge is 0.246 e. The van der Waals surface area contributed by atoms with Crippen molar-refractivity contribution >= 4 is 21.6 Å². The zero-order chi connectivity index (χ0) is 22.1. The van der Waals surface area contributed by atoms with Gasteiger partial charge in [0.05, 0.1) is 11.7 Å². The van der Waals surface area contributed by atoms with Gasteiger partial charge in [0.15, 0.2) is 0 Å². The van der Waals surface area contributed by atoms with Gasteiger partial charge in [-0.3, -0.25) is 9.69 Å². The van der Waals surface area contributed by atoms with Crippen LogP contribution in [0.25, 0.3) is 0 Å². The topological polar surface area (TPSA) is 69.7 Å². The van der Waals surface area contributed by atoms with Gasteiger partial charge in [-0.05, 0) is 43.7 Å². The molecule has 1 amide bonds. The minimum Gasteiger partial charge on any atom is -0.322 e. The maximum Gasteiger partial charge on any atom is 0.246 e. The van der Waals surface area contributed by atoms with E-state index in [9.17, 15) is 26.4 Å². The molecule has 10 heteroatoms. The third-order valence-corrected chi connectivity index (χ3v) is 7.03. The minimum absolute atomic E-state index is 0.0374. The number of rotatable bonds is 5. The minimum atomic E-state index is -4.12. The van der Waals surface area contributed by atoms with E-state index < -0.39 is 44.3 Å². The number of benzene rings is 2. The van der Waals surface area contributed by atoms with Crippen LogP contribution in [0.15, 0.2) is 41.3 Å². The van der Waals surface area contributed by atoms with Gasteiger partial charge in [-0.2, -0.15) is 4.31 Å². The van der Waals surface area contributed by atoms with Gasteiger partial charge < -0.3 is 5.32 Å². The second-order valence-corrected chi connectivity index (χ2v) is 9.07. The molecule has 1 saturated heterocycles. The highest BCUT2D eigenvalue weighted by atomic mass is 32.2. The van der Waals surface area contributed by atoms with Crippen molar-refractivity contribution in [3.05, 3.63) is 59.4 Å². The molecule has 30 heavy (non-hydrogen) atoms. The zero-order valence-electron chi connectivity index (χ0n) is 16.5. The van der Waals surface area contributed by atoms with Gasteiger partial charge in [0.1, 0.15) is 22.3 Å². The van der Waals surface area contributed by atoms with Crippen LogP contribution in [-0.2, 0) is 14.8 Å². The average molecular weight is 441 g/mol. The molecule has 1 aliphatic heterocycles. The number of sulfonamides is 1. The van der Waals surface area contributed by atoms with Crippen molar-refractivity contribution in [3.8, 4) is 0 Å². The monoisotopic (exact) mass is 441 g/mol. The molecule has 1 fully saturated rings. The van der Waals surface area contributed by atoms with Crippen molar-refractivity contribution in [2.24, 2.45) is 0 Å². The Morgan fingerprint density at radius 2 is 1.67 bits per heavy atom. The summed E-state index contributed by atoms with van der Waals surface area (Å²) in [5.74, 6) is -2.96. The predicted octanol–water partition coefficient (Wildman–Crippen LogP) is 2.75. The van der Waals surface area contributed by atoms with E-state index in [1.807, 2.05) is 0 Å². The van der Waals surface area contributed by atoms with Gasteiger partial charge >= 0.3 is 0 Å². The fourth-order valence-corrected chi connectivity index (χ4v) is 4.75. The standard InChI is InChI=1S/C20H22F3N3O3S/c1-13-3-5-18(16(22)11-13)24-20(27)14(2)25-7-9-26(10-8-25)30(28,29)19-6-4-15(21)12-17(19)23/h3-6,11-12,14H,7-10H2,1-2H3,(H,24,27). The van der Waals surface area contributed by atoms with Gasteiger partial charge in [-0.15, -0.1) is 0 Å². The molecule has 1 unspecified atom stereocenters. The van der Waals surface area contributed by atoms with E-state index in [4.69, 9.17) is 0 Å². The largest absolute Gasteiger partial charge is 0.322 e. The molecule has 0 saturated carbocycles. The summed E-state index contributed by atoms with van der Waals surface area (Å²) in [5, 5.41) is 2.54. The number of hydrogen-bond acceptors (Lipinski definition) is 4. The summed E-state index contributed by atoms with van der Waals surface area (Å²) in [6.07, 6.45) is 0. The fraction of sp³-hybridized carbons (Fsp3) is 0.350. The number of aryl methyl sites for hydroxylation is 1. The Morgan fingerprint density at radius 3 is 2.27 bits per heavy atom. The molecule has 0 radical (unpaired) electrons. The molecule has 1 heterocycles. The molecular formula is C20H22F3N3O3S. The first kappa shape index (κ1) is 22.3. The Bertz CT molecular complexity index is 1050. The SMILES string of the molecule is Cc1ccc(NC(=O)C(C)N2CCN(S(=O)(=O)c3ccc(F)cc3F)CC2)c(F)c1. The third-order valence-electron chi connectivity index (χ3n) is 5.09. The number of amides is 1. The fourth-order valence-electron chi connectivity index (χ4n) is 3.28. The highest BCUT2D eigenvalue weighted by Crippen LogP contribution is 2.22. The molecule has 0 aliphatic carbocycles. The first-order chi connectivity index (χ1) is 14.1. The molecule has 162 valence electrons. The molecule has 2 aromatic carbocycles. The summed E-state index contributed by atoms with van der Waals surface area (Å²) < 4.78 is 67.4. The van der Waals surface area contributed by atoms with Crippen molar-refractivity contribution in [2.45, 2.75) is 24.8 Å². The second kappa shape index (κ2) is 8.75. The van der Waals surface area contributed by atoms with E-state index in [1.165, 1.54) is 12.1 Å². The number of carbonyl (C=O) groups is 1. The second-order valence-electron chi connectivity index (χ2n) is 7.16. The number of piperazine rings is 1. The zero-order valence-corrected chi connectivity index (χ0v) is 17.3. The molecule has 1 N–H and O–H groups in total. The van der Waals surface area contributed by atoms with Gasteiger partial charge in [-0.25, -0.2) is 21.6 Å². The quantitative estimate of drug-likeness (QED) is 0.775. The summed E-state index contributed by atoms with van der Waals surface area (Å²) in [6, 6.07) is 6.18. The lowest BCUT2D eigenvalue weighted by molar-refractivity contribution is -0.121. The molecule has 0 spiro atoms. The summed E-state index contributed by atoms with van der Waals surface area (Å²) in [4.78, 5) is 13.7. The van der Waals surface area contributed by atoms with E-state index in [0.29, 0.717) is 6.07 Å². The number of carbonyl (C=O) groups excluding carboxylic acids is 1. The van der Waals surface area contributed by atoms with Crippen LogP contribution in [0.5, 0.6) is 0 Å². The van der Waals surface area contributed by atoms with Crippen molar-refractivity contribution < 1.29 is 26.4 Å². The van der Waals surface area contributed by atoms with Crippen LogP contribution in [-0.4, -0.2) is 55.8 Å². The van der Waals surface area contributed by atoms with Gasteiger partial charge in [0.25, 0.3) is 0 Å². The molecule has 0 aromatic heterocycles. The summed E-state index contributed by atoms with van der Waals surface area (Å²) in [5.41, 5.74) is 0.805. The number of halogens is 3. The Morgan fingerprint density at radius 1 is 1.00 bits per heavy atom. The van der Waals surface area contributed by atoms with Gasteiger partial charge in [-0.1, -0.05) is 6.07 Å². The lowest BCUT2D eigenvalue weighted by Gasteiger charge is -2.36. The lowest BCUT2D eigenvalue weighted by Crippen LogP contribution is -2.54. The van der Waals surface area contributed by atoms with Crippen LogP contribution < -0.4 is 5.32 Å². The highest BCUT2D eigenvalue weighted by molar-refractivity contribution is 7.89. The number of nitrogens with one attached hydrogen (secondary N) is 1. The van der Waals surface area contributed by atoms with Crippen molar-refractivity contribution in [3.63, 3.8) is 0 Å². The molecule has 0 bridgehead atoms. The summed E-state index contributed by atoms with van der Waals surface area (Å²) >= 11 is 0. The van der Waals surface area contributed by atoms with Crippen LogP contribution in [0.4, 0.5) is 18.9 Å². The summed E-state index contributed by atoms with van der Waals surface area (Å²) in [7, 11) is -4.12. The Hall–Kier alpha value is -2.43. The van der Waals surface area contributed by atoms with E-state index >= 15 is 0 Å². The number of nitrogens with zero attached hydrogens (tertiary/aromatic N) is 2. The van der Waals surface area contributed by atoms with Crippen LogP contribution in [0.1, 0.15) is 12.5 Å². The first-order valence-electron chi connectivity index (χ1n) is 9.36. The highest BCUT2D eigenvalue weighted by Gasteiger charge is 2.33. The van der Waals surface area contributed by atoms with Crippen LogP contribution in [0.3, 0.4) is 0 Å². The van der Waals surface area contributed by atoms with E-state index in [-0.39, 0.29) is 31.9 Å². The molecular weight excluding hydrogens is 419 g/mol. The van der Waals surface area contributed by atoms with E-state index in [2.05, 4.69) is 5.32 Å². The summed E-state index contributed by atoms with van der Waals surface area (Å²) in [6.45, 7) is 3.92. The van der Waals surface area contributed by atoms with E-state index in [1.54, 1.807) is 24.8 Å². The maximum absolute atomic E-state index is 14.0. The van der Waals surface area contributed by atoms with Crippen LogP contribution in [0, 0.1) is 24.4 Å². The molecule has 1 atom stereocenters. The number of hydrogen-bond donors (Lipinski definition) is 1. The van der Waals surface area contributed by atoms with Crippen molar-refractivity contribution in [2.75, 3.05) is 31.5 Å². The van der Waals surface area contributed by atoms with E-state index in [0.717, 1.165) is 22.0 Å². The Balaban J connectivity index is 1.63. The van der Waals surface area contributed by atoms with Crippen molar-refractivity contribution in [1.29, 1.82) is 0 Å². The third kappa shape index (κ3) is 4.66. The molecule has 6 nitrogen and oxygen atoms in total. The Kier molecular flexibility index (Phi) is 6.49. The van der Waals surface area contributed by atoms with Crippen LogP contribution in [0.2, 0.25) is 0 Å². The first-order valence-corrected chi connectivity index (χ1v) is 10.8. The van der Waals surface area contributed by atoms with Crippen LogP contribution >= 0.6 is 0 Å². The van der Waals surface area contributed by atoms with Gasteiger partial charge in [0, 0.05) is 32.2 Å². The average Bonchev–Trinajstić information content (AvgIpc) is 2.69. The lowest BCUT2D eigenvalue weighted by atomic mass is 10.2. The maximum atomic E-state index is 14.0. The van der Waals surface area contributed by atoms with Gasteiger partial charge in [0.2, 0.25) is 15.9 Å². The van der Waals surface area contributed by atoms with Crippen molar-refractivity contribution in [1.82, 2.24) is 9.21 Å². The molecule has 3 rings (SSSR count). The Labute approximate surface area is 173 Å². The molecule has 2 aromatic rings. The molecule has 1 aliphatic rings. The predicted molar refractivity (Wildman–Crippen MR) is 106 cm³/mol. The number of anilines is 1. The normalized spacial score (nSPS) is 17.0.